The van der Waals surface area contributed by atoms with Crippen LogP contribution in [0.15, 0.2) is 38.1 Å². The number of hydrogen-bond acceptors (Lipinski definition) is 5. The molecule has 8 heteroatoms. The summed E-state index contributed by atoms with van der Waals surface area (Å²) in [5.74, 6) is 0.515. The summed E-state index contributed by atoms with van der Waals surface area (Å²) < 4.78 is 35.2. The van der Waals surface area contributed by atoms with E-state index < -0.39 is 15.7 Å². The predicted octanol–water partition coefficient (Wildman–Crippen LogP) is 2.49. The predicted molar refractivity (Wildman–Crippen MR) is 91.2 cm³/mol. The van der Waals surface area contributed by atoms with Crippen molar-refractivity contribution in [1.82, 2.24) is 5.32 Å². The van der Waals surface area contributed by atoms with Gasteiger partial charge in [-0.1, -0.05) is 22.0 Å². The molecule has 0 saturated carbocycles. The van der Waals surface area contributed by atoms with E-state index in [1.807, 2.05) is 18.2 Å². The number of carbonyl (C=O) groups excluding carboxylic acids is 1. The van der Waals surface area contributed by atoms with Crippen LogP contribution in [0.3, 0.4) is 0 Å². The minimum absolute atomic E-state index is 0.0224. The van der Waals surface area contributed by atoms with Crippen LogP contribution in [0, 0.1) is 6.92 Å². The van der Waals surface area contributed by atoms with Crippen molar-refractivity contribution < 1.29 is 22.4 Å². The van der Waals surface area contributed by atoms with Crippen LogP contribution in [0.5, 0.6) is 5.75 Å². The molecule has 0 fully saturated rings. The van der Waals surface area contributed by atoms with Gasteiger partial charge in [0.2, 0.25) is 0 Å². The number of hydrogen-bond donors (Lipinski definition) is 1. The van der Waals surface area contributed by atoms with E-state index >= 15 is 0 Å². The SMILES string of the molecule is Cc1oc(C(=O)NC2COc3cccc(Br)c3C2)cc1S(C)(=O)=O. The number of ether oxygens (including phenoxy) is 1. The highest BCUT2D eigenvalue weighted by Gasteiger charge is 2.26. The lowest BCUT2D eigenvalue weighted by molar-refractivity contribution is 0.0886. The second-order valence-corrected chi connectivity index (χ2v) is 8.54. The van der Waals surface area contributed by atoms with E-state index in [9.17, 15) is 13.2 Å². The lowest BCUT2D eigenvalue weighted by Gasteiger charge is -2.26. The first-order valence-corrected chi connectivity index (χ1v) is 9.95. The number of rotatable bonds is 3. The van der Waals surface area contributed by atoms with Crippen molar-refractivity contribution in [2.45, 2.75) is 24.3 Å². The Hall–Kier alpha value is -1.80. The molecular formula is C16H16BrNO5S. The summed E-state index contributed by atoms with van der Waals surface area (Å²) in [6, 6.07) is 6.72. The van der Waals surface area contributed by atoms with Gasteiger partial charge in [-0.2, -0.15) is 0 Å². The lowest BCUT2D eigenvalue weighted by atomic mass is 10.0. The molecule has 0 spiro atoms. The van der Waals surface area contributed by atoms with Crippen LogP contribution >= 0.6 is 15.9 Å². The van der Waals surface area contributed by atoms with Crippen LogP contribution in [-0.4, -0.2) is 33.2 Å². The molecule has 1 atom stereocenters. The van der Waals surface area contributed by atoms with Crippen LogP contribution in [-0.2, 0) is 16.3 Å². The van der Waals surface area contributed by atoms with Gasteiger partial charge in [-0.15, -0.1) is 0 Å². The highest BCUT2D eigenvalue weighted by Crippen LogP contribution is 2.31. The molecule has 2 heterocycles. The molecule has 1 N–H and O–H groups in total. The van der Waals surface area contributed by atoms with Crippen LogP contribution in [0.4, 0.5) is 0 Å². The molecule has 0 bridgehead atoms. The molecule has 128 valence electrons. The van der Waals surface area contributed by atoms with E-state index in [1.165, 1.54) is 13.0 Å². The number of halogens is 1. The third kappa shape index (κ3) is 3.34. The maximum absolute atomic E-state index is 12.3. The van der Waals surface area contributed by atoms with Gasteiger partial charge in [0.1, 0.15) is 23.0 Å². The summed E-state index contributed by atoms with van der Waals surface area (Å²) in [5, 5.41) is 2.82. The van der Waals surface area contributed by atoms with E-state index in [4.69, 9.17) is 9.15 Å². The Morgan fingerprint density at radius 2 is 2.12 bits per heavy atom. The van der Waals surface area contributed by atoms with Gasteiger partial charge in [-0.3, -0.25) is 4.79 Å². The van der Waals surface area contributed by atoms with E-state index in [0.29, 0.717) is 13.0 Å². The number of benzene rings is 1. The average Bonchev–Trinajstić information content (AvgIpc) is 2.90. The van der Waals surface area contributed by atoms with Crippen molar-refractivity contribution in [3.05, 3.63) is 45.8 Å². The summed E-state index contributed by atoms with van der Waals surface area (Å²) in [5.41, 5.74) is 0.988. The Morgan fingerprint density at radius 1 is 1.38 bits per heavy atom. The Balaban J connectivity index is 1.76. The van der Waals surface area contributed by atoms with Crippen molar-refractivity contribution in [3.8, 4) is 5.75 Å². The highest BCUT2D eigenvalue weighted by atomic mass is 79.9. The molecule has 0 saturated heterocycles. The quantitative estimate of drug-likeness (QED) is 0.834. The first kappa shape index (κ1) is 17.0. The minimum Gasteiger partial charge on any atom is -0.491 e. The van der Waals surface area contributed by atoms with E-state index in [-0.39, 0.29) is 22.5 Å². The van der Waals surface area contributed by atoms with Gasteiger partial charge in [-0.25, -0.2) is 8.42 Å². The van der Waals surface area contributed by atoms with E-state index in [0.717, 1.165) is 22.0 Å². The average molecular weight is 414 g/mol. The van der Waals surface area contributed by atoms with E-state index in [1.54, 1.807) is 0 Å². The molecule has 0 aliphatic carbocycles. The standard InChI is InChI=1S/C16H16BrNO5S/c1-9-15(24(2,20)21)7-14(23-9)16(19)18-10-6-11-12(17)4-3-5-13(11)22-8-10/h3-5,7,10H,6,8H2,1-2H3,(H,18,19). The zero-order valence-corrected chi connectivity index (χ0v) is 15.5. The van der Waals surface area contributed by atoms with Gasteiger partial charge >= 0.3 is 0 Å². The molecule has 1 unspecified atom stereocenters. The first-order chi connectivity index (χ1) is 11.3. The number of furan rings is 1. The monoisotopic (exact) mass is 413 g/mol. The summed E-state index contributed by atoms with van der Waals surface area (Å²) in [7, 11) is -3.43. The zero-order valence-electron chi connectivity index (χ0n) is 13.1. The van der Waals surface area contributed by atoms with Crippen molar-refractivity contribution in [3.63, 3.8) is 0 Å². The number of amides is 1. The second kappa shape index (κ2) is 6.25. The molecule has 0 radical (unpaired) electrons. The third-order valence-corrected chi connectivity index (χ3v) is 5.74. The van der Waals surface area contributed by atoms with E-state index in [2.05, 4.69) is 21.2 Å². The van der Waals surface area contributed by atoms with Gasteiger partial charge in [-0.05, 0) is 19.1 Å². The van der Waals surface area contributed by atoms with Crippen LogP contribution in [0.25, 0.3) is 0 Å². The molecule has 1 aliphatic heterocycles. The van der Waals surface area contributed by atoms with Gasteiger partial charge in [0, 0.05) is 28.8 Å². The summed E-state index contributed by atoms with van der Waals surface area (Å²) in [4.78, 5) is 12.4. The summed E-state index contributed by atoms with van der Waals surface area (Å²) >= 11 is 3.48. The molecular weight excluding hydrogens is 398 g/mol. The highest BCUT2D eigenvalue weighted by molar-refractivity contribution is 9.10. The largest absolute Gasteiger partial charge is 0.491 e. The number of sulfone groups is 1. The van der Waals surface area contributed by atoms with Gasteiger partial charge < -0.3 is 14.5 Å². The zero-order chi connectivity index (χ0) is 17.5. The fraction of sp³-hybridized carbons (Fsp3) is 0.312. The van der Waals surface area contributed by atoms with Gasteiger partial charge in [0.05, 0.1) is 6.04 Å². The van der Waals surface area contributed by atoms with Crippen LogP contribution in [0.2, 0.25) is 0 Å². The first-order valence-electron chi connectivity index (χ1n) is 7.27. The fourth-order valence-corrected chi connectivity index (χ4v) is 4.06. The van der Waals surface area contributed by atoms with Gasteiger partial charge in [0.15, 0.2) is 15.6 Å². The summed E-state index contributed by atoms with van der Waals surface area (Å²) in [6.45, 7) is 1.86. The number of fused-ring (bicyclic) bond motifs is 1. The van der Waals surface area contributed by atoms with Crippen molar-refractivity contribution in [2.75, 3.05) is 12.9 Å². The molecule has 6 nitrogen and oxygen atoms in total. The van der Waals surface area contributed by atoms with Crippen molar-refractivity contribution >= 4 is 31.7 Å². The smallest absolute Gasteiger partial charge is 0.287 e. The number of carbonyl (C=O) groups is 1. The van der Waals surface area contributed by atoms with Gasteiger partial charge in [0.25, 0.3) is 5.91 Å². The Kier molecular flexibility index (Phi) is 4.44. The second-order valence-electron chi connectivity index (χ2n) is 5.71. The van der Waals surface area contributed by atoms with Crippen LogP contribution < -0.4 is 10.1 Å². The normalized spacial score (nSPS) is 17.0. The Labute approximate surface area is 148 Å². The molecule has 3 rings (SSSR count). The topological polar surface area (TPSA) is 85.6 Å². The number of nitrogens with one attached hydrogen (secondary N) is 1. The maximum Gasteiger partial charge on any atom is 0.287 e. The molecule has 1 amide bonds. The maximum atomic E-state index is 12.3. The number of aryl methyl sites for hydroxylation is 1. The minimum atomic E-state index is -3.43. The van der Waals surface area contributed by atoms with Crippen LogP contribution in [0.1, 0.15) is 21.9 Å². The van der Waals surface area contributed by atoms with Crippen molar-refractivity contribution in [2.24, 2.45) is 0 Å². The molecule has 24 heavy (non-hydrogen) atoms. The molecule has 1 aromatic heterocycles. The molecule has 1 aliphatic rings. The Bertz CT molecular complexity index is 903. The lowest BCUT2D eigenvalue weighted by Crippen LogP contribution is -2.42. The van der Waals surface area contributed by atoms with Crippen molar-refractivity contribution in [1.29, 1.82) is 0 Å². The fourth-order valence-electron chi connectivity index (χ4n) is 2.66. The third-order valence-electron chi connectivity index (χ3n) is 3.80. The Morgan fingerprint density at radius 3 is 2.79 bits per heavy atom. The molecule has 1 aromatic carbocycles. The summed E-state index contributed by atoms with van der Waals surface area (Å²) in [6.07, 6.45) is 1.69. The molecule has 2 aromatic rings.